The summed E-state index contributed by atoms with van der Waals surface area (Å²) in [6.45, 7) is 0. The van der Waals surface area contributed by atoms with E-state index in [0.29, 0.717) is 12.0 Å². The number of nitrogens with one attached hydrogen (secondary N) is 2. The summed E-state index contributed by atoms with van der Waals surface area (Å²) in [4.78, 5) is 0. The van der Waals surface area contributed by atoms with Crippen LogP contribution >= 0.6 is 0 Å². The Morgan fingerprint density at radius 3 is 2.65 bits per heavy atom. The van der Waals surface area contributed by atoms with E-state index < -0.39 is 0 Å². The van der Waals surface area contributed by atoms with Crippen molar-refractivity contribution in [2.45, 2.75) is 24.8 Å². The first kappa shape index (κ1) is 10.3. The lowest BCUT2D eigenvalue weighted by Gasteiger charge is -2.36. The molecule has 3 nitrogen and oxygen atoms in total. The zero-order valence-electron chi connectivity index (χ0n) is 9.36. The Hall–Kier alpha value is -1.84. The minimum Gasteiger partial charge on any atom is -0.380 e. The van der Waals surface area contributed by atoms with Gasteiger partial charge in [0.15, 0.2) is 0 Å². The van der Waals surface area contributed by atoms with E-state index in [4.69, 9.17) is 0 Å². The van der Waals surface area contributed by atoms with Gasteiger partial charge in [0.1, 0.15) is 5.82 Å². The molecule has 88 valence electrons. The molecule has 0 atom stereocenters. The third kappa shape index (κ3) is 2.16. The van der Waals surface area contributed by atoms with E-state index in [1.54, 1.807) is 6.20 Å². The lowest BCUT2D eigenvalue weighted by Crippen LogP contribution is -2.33. The van der Waals surface area contributed by atoms with Crippen molar-refractivity contribution in [1.82, 2.24) is 10.2 Å². The van der Waals surface area contributed by atoms with Crippen LogP contribution in [-0.4, -0.2) is 16.2 Å². The largest absolute Gasteiger partial charge is 0.380 e. The van der Waals surface area contributed by atoms with Crippen LogP contribution in [-0.2, 0) is 0 Å². The van der Waals surface area contributed by atoms with Crippen molar-refractivity contribution >= 4 is 5.69 Å². The average Bonchev–Trinajstić information content (AvgIpc) is 2.77. The Balaban J connectivity index is 1.56. The number of hydrogen-bond donors (Lipinski definition) is 2. The fourth-order valence-corrected chi connectivity index (χ4v) is 2.31. The van der Waals surface area contributed by atoms with Gasteiger partial charge in [0.2, 0.25) is 0 Å². The van der Waals surface area contributed by atoms with Gasteiger partial charge in [-0.25, -0.2) is 4.39 Å². The Labute approximate surface area is 99.1 Å². The van der Waals surface area contributed by atoms with Gasteiger partial charge in [-0.05, 0) is 36.5 Å². The lowest BCUT2D eigenvalue weighted by molar-refractivity contribution is 0.374. The number of rotatable bonds is 3. The number of nitrogens with zero attached hydrogens (tertiary/aromatic N) is 1. The fourth-order valence-electron chi connectivity index (χ4n) is 2.31. The number of H-pyrrole nitrogens is 1. The van der Waals surface area contributed by atoms with E-state index in [0.717, 1.165) is 18.5 Å². The predicted molar refractivity (Wildman–Crippen MR) is 64.4 cm³/mol. The van der Waals surface area contributed by atoms with Crippen molar-refractivity contribution in [2.75, 3.05) is 5.32 Å². The van der Waals surface area contributed by atoms with E-state index >= 15 is 0 Å². The molecule has 0 aliphatic heterocycles. The molecule has 0 radical (unpaired) electrons. The number of aromatic nitrogens is 2. The molecule has 3 rings (SSSR count). The van der Waals surface area contributed by atoms with Crippen molar-refractivity contribution in [3.63, 3.8) is 0 Å². The lowest BCUT2D eigenvalue weighted by atomic mass is 9.76. The number of halogens is 1. The van der Waals surface area contributed by atoms with Crippen LogP contribution in [0.3, 0.4) is 0 Å². The number of hydrogen-bond acceptors (Lipinski definition) is 2. The van der Waals surface area contributed by atoms with Gasteiger partial charge in [-0.2, -0.15) is 5.10 Å². The third-order valence-corrected chi connectivity index (χ3v) is 3.35. The Morgan fingerprint density at radius 1 is 1.24 bits per heavy atom. The molecule has 0 unspecified atom stereocenters. The molecule has 2 N–H and O–H groups in total. The first-order valence-electron chi connectivity index (χ1n) is 5.82. The van der Waals surface area contributed by atoms with E-state index in [2.05, 4.69) is 15.5 Å². The second-order valence-corrected chi connectivity index (χ2v) is 4.55. The van der Waals surface area contributed by atoms with E-state index in [1.807, 2.05) is 18.3 Å². The summed E-state index contributed by atoms with van der Waals surface area (Å²) in [5.74, 6) is 0.390. The van der Waals surface area contributed by atoms with Crippen molar-refractivity contribution in [2.24, 2.45) is 0 Å². The third-order valence-electron chi connectivity index (χ3n) is 3.35. The molecule has 1 aromatic heterocycles. The SMILES string of the molecule is Fc1ccc(C2CC(Nc3cn[nH]c3)C2)cc1. The summed E-state index contributed by atoms with van der Waals surface area (Å²) in [7, 11) is 0. The van der Waals surface area contributed by atoms with Crippen molar-refractivity contribution in [3.8, 4) is 0 Å². The standard InChI is InChI=1S/C13H14FN3/c14-11-3-1-9(2-4-11)10-5-12(6-10)17-13-7-15-16-8-13/h1-4,7-8,10,12,17H,5-6H2,(H,15,16). The van der Waals surface area contributed by atoms with Crippen LogP contribution < -0.4 is 5.32 Å². The predicted octanol–water partition coefficient (Wildman–Crippen LogP) is 2.91. The molecule has 0 bridgehead atoms. The Morgan fingerprint density at radius 2 is 2.00 bits per heavy atom. The molecule has 4 heteroatoms. The molecule has 0 amide bonds. The van der Waals surface area contributed by atoms with Gasteiger partial charge in [-0.15, -0.1) is 0 Å². The zero-order chi connectivity index (χ0) is 11.7. The van der Waals surface area contributed by atoms with Gasteiger partial charge in [-0.3, -0.25) is 5.10 Å². The van der Waals surface area contributed by atoms with E-state index in [-0.39, 0.29) is 5.82 Å². The zero-order valence-corrected chi connectivity index (χ0v) is 9.36. The maximum atomic E-state index is 12.8. The van der Waals surface area contributed by atoms with Gasteiger partial charge < -0.3 is 5.32 Å². The molecular weight excluding hydrogens is 217 g/mol. The molecule has 17 heavy (non-hydrogen) atoms. The number of anilines is 1. The van der Waals surface area contributed by atoms with Crippen molar-refractivity contribution in [3.05, 3.63) is 48.0 Å². The molecule has 0 saturated heterocycles. The summed E-state index contributed by atoms with van der Waals surface area (Å²) in [5.41, 5.74) is 2.27. The van der Waals surface area contributed by atoms with Crippen LogP contribution in [0, 0.1) is 5.82 Å². The highest BCUT2D eigenvalue weighted by molar-refractivity contribution is 5.40. The van der Waals surface area contributed by atoms with Crippen LogP contribution in [0.4, 0.5) is 10.1 Å². The van der Waals surface area contributed by atoms with Gasteiger partial charge >= 0.3 is 0 Å². The minimum absolute atomic E-state index is 0.166. The summed E-state index contributed by atoms with van der Waals surface area (Å²) in [6.07, 6.45) is 5.82. The average molecular weight is 231 g/mol. The van der Waals surface area contributed by atoms with Crippen LogP contribution in [0.5, 0.6) is 0 Å². The summed E-state index contributed by atoms with van der Waals surface area (Å²) < 4.78 is 12.8. The highest BCUT2D eigenvalue weighted by Gasteiger charge is 2.30. The molecule has 1 saturated carbocycles. The summed E-state index contributed by atoms with van der Waals surface area (Å²) in [6, 6.07) is 7.34. The maximum absolute atomic E-state index is 12.8. The molecule has 1 heterocycles. The second kappa shape index (κ2) is 4.20. The molecule has 1 aliphatic carbocycles. The summed E-state index contributed by atoms with van der Waals surface area (Å²) in [5, 5.41) is 10.1. The first-order chi connectivity index (χ1) is 8.31. The van der Waals surface area contributed by atoms with Gasteiger partial charge in [0.25, 0.3) is 0 Å². The number of benzene rings is 1. The maximum Gasteiger partial charge on any atom is 0.123 e. The highest BCUT2D eigenvalue weighted by atomic mass is 19.1. The molecule has 1 aromatic carbocycles. The second-order valence-electron chi connectivity index (χ2n) is 4.55. The van der Waals surface area contributed by atoms with Crippen LogP contribution in [0.15, 0.2) is 36.7 Å². The van der Waals surface area contributed by atoms with E-state index in [1.165, 1.54) is 17.7 Å². The molecule has 2 aromatic rings. The number of aromatic amines is 1. The smallest absolute Gasteiger partial charge is 0.123 e. The highest BCUT2D eigenvalue weighted by Crippen LogP contribution is 2.38. The van der Waals surface area contributed by atoms with Crippen LogP contribution in [0.1, 0.15) is 24.3 Å². The normalized spacial score (nSPS) is 23.1. The quantitative estimate of drug-likeness (QED) is 0.852. The van der Waals surface area contributed by atoms with E-state index in [9.17, 15) is 4.39 Å². The van der Waals surface area contributed by atoms with Crippen LogP contribution in [0.2, 0.25) is 0 Å². The monoisotopic (exact) mass is 231 g/mol. The minimum atomic E-state index is -0.166. The fraction of sp³-hybridized carbons (Fsp3) is 0.308. The Kier molecular flexibility index (Phi) is 2.55. The van der Waals surface area contributed by atoms with Crippen molar-refractivity contribution in [1.29, 1.82) is 0 Å². The molecule has 1 aliphatic rings. The molecule has 0 spiro atoms. The first-order valence-corrected chi connectivity index (χ1v) is 5.82. The van der Waals surface area contributed by atoms with Gasteiger partial charge in [-0.1, -0.05) is 12.1 Å². The van der Waals surface area contributed by atoms with Gasteiger partial charge in [0.05, 0.1) is 11.9 Å². The Bertz CT molecular complexity index is 472. The molecular formula is C13H14FN3. The molecule has 1 fully saturated rings. The van der Waals surface area contributed by atoms with Crippen LogP contribution in [0.25, 0.3) is 0 Å². The topological polar surface area (TPSA) is 40.7 Å². The van der Waals surface area contributed by atoms with Crippen molar-refractivity contribution < 1.29 is 4.39 Å². The van der Waals surface area contributed by atoms with Gasteiger partial charge in [0, 0.05) is 12.2 Å². The summed E-state index contributed by atoms with van der Waals surface area (Å²) >= 11 is 0.